The van der Waals surface area contributed by atoms with Crippen LogP contribution < -0.4 is 5.32 Å². The van der Waals surface area contributed by atoms with Gasteiger partial charge in [-0.2, -0.15) is 5.26 Å². The number of amides is 1. The van der Waals surface area contributed by atoms with E-state index in [1.165, 1.54) is 0 Å². The SMILES string of the molecule is CC(CC#N)NC(=O)c1cccc2ncccc12. The van der Waals surface area contributed by atoms with Crippen molar-refractivity contribution in [3.8, 4) is 6.07 Å². The van der Waals surface area contributed by atoms with Gasteiger partial charge in [0, 0.05) is 23.2 Å². The predicted octanol–water partition coefficient (Wildman–Crippen LogP) is 2.27. The van der Waals surface area contributed by atoms with Crippen LogP contribution >= 0.6 is 0 Å². The molecule has 0 aliphatic carbocycles. The Morgan fingerprint density at radius 3 is 3.06 bits per heavy atom. The predicted molar refractivity (Wildman–Crippen MR) is 68.9 cm³/mol. The molecule has 1 heterocycles. The third-order valence-electron chi connectivity index (χ3n) is 2.67. The Kier molecular flexibility index (Phi) is 3.54. The van der Waals surface area contributed by atoms with Crippen LogP contribution in [0, 0.1) is 11.3 Å². The highest BCUT2D eigenvalue weighted by Crippen LogP contribution is 2.16. The van der Waals surface area contributed by atoms with E-state index in [9.17, 15) is 4.79 Å². The van der Waals surface area contributed by atoms with Gasteiger partial charge >= 0.3 is 0 Å². The molecule has 2 aromatic rings. The van der Waals surface area contributed by atoms with Crippen LogP contribution in [0.3, 0.4) is 0 Å². The summed E-state index contributed by atoms with van der Waals surface area (Å²) in [4.78, 5) is 16.3. The molecule has 0 saturated heterocycles. The number of carbonyl (C=O) groups is 1. The molecule has 0 radical (unpaired) electrons. The zero-order valence-electron chi connectivity index (χ0n) is 10.1. The highest BCUT2D eigenvalue weighted by molar-refractivity contribution is 6.06. The van der Waals surface area contributed by atoms with E-state index < -0.39 is 0 Å². The smallest absolute Gasteiger partial charge is 0.252 e. The summed E-state index contributed by atoms with van der Waals surface area (Å²) in [6, 6.07) is 11.0. The summed E-state index contributed by atoms with van der Waals surface area (Å²) in [6.07, 6.45) is 2.00. The highest BCUT2D eigenvalue weighted by Gasteiger charge is 2.12. The number of benzene rings is 1. The molecule has 0 aliphatic rings. The quantitative estimate of drug-likeness (QED) is 0.893. The lowest BCUT2D eigenvalue weighted by Gasteiger charge is -2.11. The topological polar surface area (TPSA) is 65.8 Å². The van der Waals surface area contributed by atoms with Gasteiger partial charge in [-0.25, -0.2) is 0 Å². The molecule has 4 heteroatoms. The molecule has 90 valence electrons. The van der Waals surface area contributed by atoms with Crippen LogP contribution in [0.5, 0.6) is 0 Å². The van der Waals surface area contributed by atoms with Gasteiger partial charge in [-0.15, -0.1) is 0 Å². The molecule has 1 aromatic heterocycles. The van der Waals surface area contributed by atoms with Gasteiger partial charge in [-0.05, 0) is 25.1 Å². The van der Waals surface area contributed by atoms with Crippen molar-refractivity contribution in [1.82, 2.24) is 10.3 Å². The van der Waals surface area contributed by atoms with Gasteiger partial charge in [0.1, 0.15) is 0 Å². The molecule has 2 rings (SSSR count). The Morgan fingerprint density at radius 1 is 1.44 bits per heavy atom. The molecule has 1 aromatic carbocycles. The van der Waals surface area contributed by atoms with Gasteiger partial charge in [0.25, 0.3) is 5.91 Å². The first-order valence-electron chi connectivity index (χ1n) is 5.74. The average Bonchev–Trinajstić information content (AvgIpc) is 2.38. The number of rotatable bonds is 3. The minimum atomic E-state index is -0.170. The number of hydrogen-bond donors (Lipinski definition) is 1. The molecule has 1 amide bonds. The van der Waals surface area contributed by atoms with Gasteiger partial charge in [0.15, 0.2) is 0 Å². The molecule has 0 spiro atoms. The second kappa shape index (κ2) is 5.28. The minimum absolute atomic E-state index is 0.158. The van der Waals surface area contributed by atoms with E-state index in [2.05, 4.69) is 10.3 Å². The maximum atomic E-state index is 12.1. The second-order valence-corrected chi connectivity index (χ2v) is 4.11. The molecule has 0 aliphatic heterocycles. The first-order chi connectivity index (χ1) is 8.72. The lowest BCUT2D eigenvalue weighted by Crippen LogP contribution is -2.32. The van der Waals surface area contributed by atoms with Gasteiger partial charge in [0.05, 0.1) is 18.0 Å². The molecular weight excluding hydrogens is 226 g/mol. The molecule has 0 saturated carbocycles. The fourth-order valence-corrected chi connectivity index (χ4v) is 1.79. The minimum Gasteiger partial charge on any atom is -0.349 e. The first-order valence-corrected chi connectivity index (χ1v) is 5.74. The van der Waals surface area contributed by atoms with Gasteiger partial charge in [-0.3, -0.25) is 9.78 Å². The van der Waals surface area contributed by atoms with E-state index in [0.29, 0.717) is 12.0 Å². The zero-order valence-corrected chi connectivity index (χ0v) is 10.1. The van der Waals surface area contributed by atoms with Crippen molar-refractivity contribution in [3.63, 3.8) is 0 Å². The van der Waals surface area contributed by atoms with Crippen LogP contribution in [0.2, 0.25) is 0 Å². The van der Waals surface area contributed by atoms with Crippen molar-refractivity contribution in [2.75, 3.05) is 0 Å². The normalized spacial score (nSPS) is 11.8. The maximum absolute atomic E-state index is 12.1. The number of pyridine rings is 1. The van der Waals surface area contributed by atoms with Crippen LogP contribution in [0.1, 0.15) is 23.7 Å². The molecular formula is C14H13N3O. The van der Waals surface area contributed by atoms with E-state index in [-0.39, 0.29) is 11.9 Å². The summed E-state index contributed by atoms with van der Waals surface area (Å²) >= 11 is 0. The van der Waals surface area contributed by atoms with Crippen molar-refractivity contribution in [3.05, 3.63) is 42.1 Å². The number of aromatic nitrogens is 1. The third kappa shape index (κ3) is 2.46. The molecule has 0 fully saturated rings. The summed E-state index contributed by atoms with van der Waals surface area (Å²) in [7, 11) is 0. The summed E-state index contributed by atoms with van der Waals surface area (Å²) in [5.74, 6) is -0.170. The molecule has 18 heavy (non-hydrogen) atoms. The maximum Gasteiger partial charge on any atom is 0.252 e. The van der Waals surface area contributed by atoms with E-state index in [4.69, 9.17) is 5.26 Å². The fourth-order valence-electron chi connectivity index (χ4n) is 1.79. The Labute approximate surface area is 105 Å². The fraction of sp³-hybridized carbons (Fsp3) is 0.214. The lowest BCUT2D eigenvalue weighted by atomic mass is 10.1. The largest absolute Gasteiger partial charge is 0.349 e. The van der Waals surface area contributed by atoms with Crippen LogP contribution in [0.15, 0.2) is 36.5 Å². The molecule has 1 atom stereocenters. The number of nitrogens with zero attached hydrogens (tertiary/aromatic N) is 2. The van der Waals surface area contributed by atoms with Crippen LogP contribution in [-0.4, -0.2) is 16.9 Å². The molecule has 4 nitrogen and oxygen atoms in total. The van der Waals surface area contributed by atoms with E-state index in [1.54, 1.807) is 24.4 Å². The van der Waals surface area contributed by atoms with E-state index >= 15 is 0 Å². The molecule has 0 bridgehead atoms. The number of fused-ring (bicyclic) bond motifs is 1. The number of hydrogen-bond acceptors (Lipinski definition) is 3. The first kappa shape index (κ1) is 12.1. The average molecular weight is 239 g/mol. The number of carbonyl (C=O) groups excluding carboxylic acids is 1. The summed E-state index contributed by atoms with van der Waals surface area (Å²) in [5, 5.41) is 12.2. The van der Waals surface area contributed by atoms with Crippen LogP contribution in [-0.2, 0) is 0 Å². The van der Waals surface area contributed by atoms with E-state index in [1.807, 2.05) is 25.1 Å². The number of nitriles is 1. The summed E-state index contributed by atoms with van der Waals surface area (Å²) < 4.78 is 0. The highest BCUT2D eigenvalue weighted by atomic mass is 16.1. The summed E-state index contributed by atoms with van der Waals surface area (Å²) in [6.45, 7) is 1.81. The Bertz CT molecular complexity index is 610. The summed E-state index contributed by atoms with van der Waals surface area (Å²) in [5.41, 5.74) is 1.38. The Morgan fingerprint density at radius 2 is 2.28 bits per heavy atom. The van der Waals surface area contributed by atoms with Gasteiger partial charge < -0.3 is 5.32 Å². The molecule has 1 N–H and O–H groups in total. The number of nitrogens with one attached hydrogen (secondary N) is 1. The molecule has 1 unspecified atom stereocenters. The third-order valence-corrected chi connectivity index (χ3v) is 2.67. The zero-order chi connectivity index (χ0) is 13.0. The standard InChI is InChI=1S/C14H13N3O/c1-10(7-8-15)17-14(18)12-4-2-6-13-11(12)5-3-9-16-13/h2-6,9-10H,7H2,1H3,(H,17,18). The van der Waals surface area contributed by atoms with Gasteiger partial charge in [-0.1, -0.05) is 12.1 Å². The Balaban J connectivity index is 2.31. The van der Waals surface area contributed by atoms with Crippen molar-refractivity contribution >= 4 is 16.8 Å². The van der Waals surface area contributed by atoms with Crippen LogP contribution in [0.25, 0.3) is 10.9 Å². The van der Waals surface area contributed by atoms with Crippen molar-refractivity contribution in [2.24, 2.45) is 0 Å². The van der Waals surface area contributed by atoms with Crippen molar-refractivity contribution in [1.29, 1.82) is 5.26 Å². The lowest BCUT2D eigenvalue weighted by molar-refractivity contribution is 0.0942. The van der Waals surface area contributed by atoms with E-state index in [0.717, 1.165) is 10.9 Å². The monoisotopic (exact) mass is 239 g/mol. The van der Waals surface area contributed by atoms with Crippen LogP contribution in [0.4, 0.5) is 0 Å². The van der Waals surface area contributed by atoms with Gasteiger partial charge in [0.2, 0.25) is 0 Å². The Hall–Kier alpha value is -2.41. The second-order valence-electron chi connectivity index (χ2n) is 4.11. The van der Waals surface area contributed by atoms with Crippen molar-refractivity contribution < 1.29 is 4.79 Å². The van der Waals surface area contributed by atoms with Crippen molar-refractivity contribution in [2.45, 2.75) is 19.4 Å².